The minimum Gasteiger partial charge on any atom is -0.294 e. The van der Waals surface area contributed by atoms with Crippen LogP contribution in [0.2, 0.25) is 0 Å². The molecule has 3 rings (SSSR count). The van der Waals surface area contributed by atoms with Gasteiger partial charge in [-0.1, -0.05) is 18.6 Å². The van der Waals surface area contributed by atoms with Crippen LogP contribution in [0.5, 0.6) is 0 Å². The molecule has 2 atom stereocenters. The molecule has 0 radical (unpaired) electrons. The molecule has 0 spiro atoms. The van der Waals surface area contributed by atoms with Crippen molar-refractivity contribution in [2.75, 3.05) is 0 Å². The van der Waals surface area contributed by atoms with E-state index in [0.29, 0.717) is 36.8 Å². The lowest BCUT2D eigenvalue weighted by atomic mass is 9.82. The largest absolute Gasteiger partial charge is 0.294 e. The van der Waals surface area contributed by atoms with Gasteiger partial charge < -0.3 is 0 Å². The summed E-state index contributed by atoms with van der Waals surface area (Å²) in [5, 5.41) is 8.49. The van der Waals surface area contributed by atoms with Gasteiger partial charge in [0.15, 0.2) is 15.6 Å². The molecule has 2 aliphatic heterocycles. The Kier molecular flexibility index (Phi) is 3.82. The van der Waals surface area contributed by atoms with Gasteiger partial charge in [-0.3, -0.25) is 4.79 Å². The van der Waals surface area contributed by atoms with E-state index in [9.17, 15) is 18.5 Å². The Morgan fingerprint density at radius 1 is 1.23 bits per heavy atom. The first-order valence-electron chi connectivity index (χ1n) is 7.71. The van der Waals surface area contributed by atoms with Crippen LogP contribution in [0, 0.1) is 24.2 Å². The number of ketones is 1. The van der Waals surface area contributed by atoms with Gasteiger partial charge in [0, 0.05) is 11.5 Å². The number of hydrogen-bond acceptors (Lipinski definition) is 4. The molecule has 22 heavy (non-hydrogen) atoms. The maximum atomic E-state index is 12.9. The molecule has 1 aromatic carbocycles. The van der Waals surface area contributed by atoms with Gasteiger partial charge in [0.1, 0.15) is 0 Å². The van der Waals surface area contributed by atoms with Gasteiger partial charge in [-0.15, -0.1) is 0 Å². The Bertz CT molecular complexity index is 741. The second kappa shape index (κ2) is 5.51. The zero-order valence-electron chi connectivity index (χ0n) is 12.6. The molecule has 4 nitrogen and oxygen atoms in total. The first-order chi connectivity index (χ1) is 10.4. The summed E-state index contributed by atoms with van der Waals surface area (Å²) in [6.45, 7) is 1.83. The van der Waals surface area contributed by atoms with Crippen LogP contribution in [0.1, 0.15) is 53.6 Å². The zero-order valence-corrected chi connectivity index (χ0v) is 13.4. The van der Waals surface area contributed by atoms with Gasteiger partial charge >= 0.3 is 0 Å². The number of nitriles is 1. The van der Waals surface area contributed by atoms with E-state index in [1.807, 2.05) is 13.0 Å². The van der Waals surface area contributed by atoms with Crippen LogP contribution >= 0.6 is 0 Å². The van der Waals surface area contributed by atoms with Crippen molar-refractivity contribution in [3.05, 3.63) is 34.9 Å². The monoisotopic (exact) mass is 317 g/mol. The van der Waals surface area contributed by atoms with Crippen molar-refractivity contribution in [1.82, 2.24) is 0 Å². The summed E-state index contributed by atoms with van der Waals surface area (Å²) in [4.78, 5) is 12.9. The summed E-state index contributed by atoms with van der Waals surface area (Å²) in [6.07, 6.45) is 3.10. The van der Waals surface area contributed by atoms with E-state index in [4.69, 9.17) is 0 Å². The van der Waals surface area contributed by atoms with Crippen LogP contribution in [0.3, 0.4) is 0 Å². The molecule has 2 unspecified atom stereocenters. The van der Waals surface area contributed by atoms with Crippen molar-refractivity contribution in [2.45, 2.75) is 49.5 Å². The van der Waals surface area contributed by atoms with Gasteiger partial charge in [0.2, 0.25) is 0 Å². The predicted molar refractivity (Wildman–Crippen MR) is 83.3 cm³/mol. The number of aryl methyl sites for hydroxylation is 1. The van der Waals surface area contributed by atoms with Crippen LogP contribution < -0.4 is 0 Å². The van der Waals surface area contributed by atoms with Crippen molar-refractivity contribution in [2.24, 2.45) is 5.92 Å². The maximum absolute atomic E-state index is 12.9. The summed E-state index contributed by atoms with van der Waals surface area (Å²) in [7, 11) is -3.06. The average Bonchev–Trinajstić information content (AvgIpc) is 2.45. The molecule has 0 saturated carbocycles. The summed E-state index contributed by atoms with van der Waals surface area (Å²) in [6, 6.07) is 7.33. The van der Waals surface area contributed by atoms with E-state index < -0.39 is 9.84 Å². The number of benzene rings is 1. The molecule has 0 N–H and O–H groups in total. The lowest BCUT2D eigenvalue weighted by Gasteiger charge is -2.38. The summed E-state index contributed by atoms with van der Waals surface area (Å²) in [5.41, 5.74) is 1.67. The third-order valence-electron chi connectivity index (χ3n) is 5.09. The topological polar surface area (TPSA) is 75.0 Å². The first kappa shape index (κ1) is 15.2. The highest BCUT2D eigenvalue weighted by molar-refractivity contribution is 7.92. The summed E-state index contributed by atoms with van der Waals surface area (Å²) < 4.78 is 24.7. The highest BCUT2D eigenvalue weighted by Gasteiger charge is 2.46. The number of nitrogens with zero attached hydrogens (tertiary/aromatic N) is 1. The zero-order chi connectivity index (χ0) is 15.9. The molecule has 0 amide bonds. The number of carbonyl (C=O) groups excluding carboxylic acids is 1. The smallest absolute Gasteiger partial charge is 0.167 e. The highest BCUT2D eigenvalue weighted by atomic mass is 32.2. The number of carbonyl (C=O) groups is 1. The van der Waals surface area contributed by atoms with Crippen LogP contribution in [0.15, 0.2) is 18.2 Å². The Balaban J connectivity index is 1.94. The average molecular weight is 317 g/mol. The quantitative estimate of drug-likeness (QED) is 0.786. The Labute approximate surface area is 131 Å². The van der Waals surface area contributed by atoms with Gasteiger partial charge in [-0.05, 0) is 44.2 Å². The molecular formula is C17H19NO3S. The maximum Gasteiger partial charge on any atom is 0.167 e. The summed E-state index contributed by atoms with van der Waals surface area (Å²) >= 11 is 0. The molecule has 2 fully saturated rings. The molecular weight excluding hydrogens is 298 g/mol. The molecule has 1 aromatic rings. The van der Waals surface area contributed by atoms with Gasteiger partial charge in [0.05, 0.1) is 22.1 Å². The normalized spacial score (nSPS) is 29.5. The number of rotatable bonds is 2. The number of fused-ring (bicyclic) bond motifs is 2. The van der Waals surface area contributed by atoms with Crippen LogP contribution in [-0.2, 0) is 9.84 Å². The first-order valence-corrected chi connectivity index (χ1v) is 9.32. The van der Waals surface area contributed by atoms with E-state index in [-0.39, 0.29) is 22.2 Å². The highest BCUT2D eigenvalue weighted by Crippen LogP contribution is 2.40. The summed E-state index contributed by atoms with van der Waals surface area (Å²) in [5.74, 6) is -0.325. The molecule has 0 aliphatic carbocycles. The molecule has 116 valence electrons. The SMILES string of the molecule is Cc1cccc(C#N)c1C(=O)C1CC2CCCC(C1)S2(=O)=O. The van der Waals surface area contributed by atoms with Gasteiger partial charge in [-0.25, -0.2) is 8.42 Å². The van der Waals surface area contributed by atoms with Gasteiger partial charge in [0.25, 0.3) is 0 Å². The third kappa shape index (κ3) is 2.36. The van der Waals surface area contributed by atoms with Crippen molar-refractivity contribution in [1.29, 1.82) is 5.26 Å². The van der Waals surface area contributed by atoms with E-state index in [2.05, 4.69) is 6.07 Å². The minimum atomic E-state index is -3.06. The second-order valence-electron chi connectivity index (χ2n) is 6.41. The Morgan fingerprint density at radius 3 is 2.45 bits per heavy atom. The van der Waals surface area contributed by atoms with Crippen molar-refractivity contribution >= 4 is 15.6 Å². The lowest BCUT2D eigenvalue weighted by Crippen LogP contribution is -2.45. The van der Waals surface area contributed by atoms with Crippen molar-refractivity contribution in [3.8, 4) is 6.07 Å². The number of sulfone groups is 1. The fourth-order valence-electron chi connectivity index (χ4n) is 3.91. The third-order valence-corrected chi connectivity index (χ3v) is 7.80. The Hall–Kier alpha value is -1.67. The fraction of sp³-hybridized carbons (Fsp3) is 0.529. The number of Topliss-reactive ketones (excluding diaryl/α,β-unsaturated/α-hetero) is 1. The Morgan fingerprint density at radius 2 is 1.86 bits per heavy atom. The van der Waals surface area contributed by atoms with E-state index >= 15 is 0 Å². The molecule has 2 heterocycles. The molecule has 2 saturated heterocycles. The van der Waals surface area contributed by atoms with Crippen LogP contribution in [0.4, 0.5) is 0 Å². The number of hydrogen-bond donors (Lipinski definition) is 0. The molecule has 2 bridgehead atoms. The molecule has 2 aliphatic rings. The fourth-order valence-corrected chi connectivity index (χ4v) is 6.45. The van der Waals surface area contributed by atoms with Gasteiger partial charge in [-0.2, -0.15) is 5.26 Å². The molecule has 5 heteroatoms. The van der Waals surface area contributed by atoms with Crippen molar-refractivity contribution in [3.63, 3.8) is 0 Å². The standard InChI is InChI=1S/C17H19NO3S/c1-11-4-2-5-12(10-18)16(11)17(19)13-8-14-6-3-7-15(9-13)22(14,20)21/h2,4-5,13-15H,3,6-9H2,1H3. The van der Waals surface area contributed by atoms with Crippen molar-refractivity contribution < 1.29 is 13.2 Å². The lowest BCUT2D eigenvalue weighted by molar-refractivity contribution is 0.0893. The minimum absolute atomic E-state index is 0.0542. The second-order valence-corrected chi connectivity index (χ2v) is 8.92. The van der Waals surface area contributed by atoms with E-state index in [1.54, 1.807) is 12.1 Å². The predicted octanol–water partition coefficient (Wildman–Crippen LogP) is 2.80. The van der Waals surface area contributed by atoms with Crippen LogP contribution in [0.25, 0.3) is 0 Å². The van der Waals surface area contributed by atoms with Crippen LogP contribution in [-0.4, -0.2) is 24.7 Å². The van der Waals surface area contributed by atoms with E-state index in [0.717, 1.165) is 12.0 Å². The van der Waals surface area contributed by atoms with E-state index in [1.165, 1.54) is 0 Å². The molecule has 0 aromatic heterocycles.